The molecule has 5 heteroatoms. The van der Waals surface area contributed by atoms with Crippen LogP contribution < -0.4 is 11.1 Å². The van der Waals surface area contributed by atoms with Crippen LogP contribution in [0.5, 0.6) is 0 Å². The van der Waals surface area contributed by atoms with Gasteiger partial charge in [-0.05, 0) is 58.7 Å². The number of aryl methyl sites for hydroxylation is 1. The summed E-state index contributed by atoms with van der Waals surface area (Å²) < 4.78 is 27.0. The van der Waals surface area contributed by atoms with Crippen LogP contribution in [0.25, 0.3) is 0 Å². The summed E-state index contributed by atoms with van der Waals surface area (Å²) in [5.41, 5.74) is 7.56. The van der Waals surface area contributed by atoms with Gasteiger partial charge in [0.15, 0.2) is 0 Å². The third kappa shape index (κ3) is 2.61. The van der Waals surface area contributed by atoms with E-state index in [1.54, 1.807) is 25.1 Å². The molecule has 0 unspecified atom stereocenters. The minimum atomic E-state index is -0.377. The van der Waals surface area contributed by atoms with Gasteiger partial charge in [0, 0.05) is 5.69 Å². The Morgan fingerprint density at radius 1 is 1.11 bits per heavy atom. The van der Waals surface area contributed by atoms with Crippen LogP contribution in [-0.4, -0.2) is 0 Å². The molecule has 0 radical (unpaired) electrons. The van der Waals surface area contributed by atoms with Gasteiger partial charge in [-0.15, -0.1) is 0 Å². The Kier molecular flexibility index (Phi) is 3.52. The Labute approximate surface area is 112 Å². The quantitative estimate of drug-likeness (QED) is 0.808. The van der Waals surface area contributed by atoms with Crippen molar-refractivity contribution < 1.29 is 8.78 Å². The smallest absolute Gasteiger partial charge is 0.139 e. The van der Waals surface area contributed by atoms with Crippen LogP contribution in [-0.2, 0) is 0 Å². The number of anilines is 3. The number of benzene rings is 2. The van der Waals surface area contributed by atoms with Crippen molar-refractivity contribution in [3.63, 3.8) is 0 Å². The van der Waals surface area contributed by atoms with E-state index >= 15 is 0 Å². The van der Waals surface area contributed by atoms with E-state index < -0.39 is 0 Å². The van der Waals surface area contributed by atoms with Crippen molar-refractivity contribution in [2.45, 2.75) is 6.92 Å². The fourth-order valence-corrected chi connectivity index (χ4v) is 1.78. The van der Waals surface area contributed by atoms with Crippen LogP contribution in [0, 0.1) is 18.6 Å². The van der Waals surface area contributed by atoms with Crippen molar-refractivity contribution in [2.75, 3.05) is 11.1 Å². The summed E-state index contributed by atoms with van der Waals surface area (Å²) in [6.45, 7) is 1.64. The monoisotopic (exact) mass is 312 g/mol. The highest BCUT2D eigenvalue weighted by molar-refractivity contribution is 9.10. The van der Waals surface area contributed by atoms with E-state index in [-0.39, 0.29) is 17.3 Å². The predicted octanol–water partition coefficient (Wildman–Crippen LogP) is 4.36. The molecule has 0 heterocycles. The maximum Gasteiger partial charge on any atom is 0.139 e. The third-order valence-corrected chi connectivity index (χ3v) is 3.17. The number of rotatable bonds is 2. The molecule has 0 aliphatic carbocycles. The van der Waals surface area contributed by atoms with Crippen molar-refractivity contribution in [3.8, 4) is 0 Å². The molecule has 2 aromatic carbocycles. The van der Waals surface area contributed by atoms with Crippen LogP contribution in [0.1, 0.15) is 5.56 Å². The van der Waals surface area contributed by atoms with Gasteiger partial charge in [0.05, 0.1) is 15.8 Å². The van der Waals surface area contributed by atoms with E-state index in [0.29, 0.717) is 21.4 Å². The fraction of sp³-hybridized carbons (Fsp3) is 0.0769. The molecule has 0 amide bonds. The second-order valence-corrected chi connectivity index (χ2v) is 4.80. The molecule has 0 atom stereocenters. The molecule has 0 saturated heterocycles. The van der Waals surface area contributed by atoms with E-state index in [1.807, 2.05) is 0 Å². The number of hydrogen-bond donors (Lipinski definition) is 2. The number of nitrogen functional groups attached to an aromatic ring is 1. The molecule has 2 aromatic rings. The van der Waals surface area contributed by atoms with Gasteiger partial charge >= 0.3 is 0 Å². The van der Waals surface area contributed by atoms with Crippen molar-refractivity contribution >= 4 is 33.0 Å². The lowest BCUT2D eigenvalue weighted by Gasteiger charge is -2.11. The van der Waals surface area contributed by atoms with Gasteiger partial charge in [-0.3, -0.25) is 0 Å². The molecular weight excluding hydrogens is 302 g/mol. The highest BCUT2D eigenvalue weighted by atomic mass is 79.9. The lowest BCUT2D eigenvalue weighted by molar-refractivity contribution is 0.619. The SMILES string of the molecule is Cc1cc(Nc2ccc(Br)c(F)c2)c(N)cc1F. The van der Waals surface area contributed by atoms with E-state index in [1.165, 1.54) is 12.1 Å². The lowest BCUT2D eigenvalue weighted by atomic mass is 10.1. The van der Waals surface area contributed by atoms with Gasteiger partial charge in [-0.25, -0.2) is 8.78 Å². The maximum absolute atomic E-state index is 13.3. The fourth-order valence-electron chi connectivity index (χ4n) is 1.53. The summed E-state index contributed by atoms with van der Waals surface area (Å²) in [5, 5.41) is 2.96. The molecule has 94 valence electrons. The first kappa shape index (κ1) is 12.8. The van der Waals surface area contributed by atoms with Crippen LogP contribution in [0.3, 0.4) is 0 Å². The standard InChI is InChI=1S/C13H11BrF2N2/c1-7-4-13(12(17)6-10(7)15)18-8-2-3-9(14)11(16)5-8/h2-6,18H,17H2,1H3. The first-order chi connectivity index (χ1) is 8.47. The third-order valence-electron chi connectivity index (χ3n) is 2.53. The lowest BCUT2D eigenvalue weighted by Crippen LogP contribution is -1.99. The number of halogens is 3. The van der Waals surface area contributed by atoms with Gasteiger partial charge < -0.3 is 11.1 Å². The van der Waals surface area contributed by atoms with Gasteiger partial charge in [0.25, 0.3) is 0 Å². The number of nitrogens with two attached hydrogens (primary N) is 1. The Bertz CT molecular complexity index is 600. The second kappa shape index (κ2) is 4.94. The van der Waals surface area contributed by atoms with Crippen molar-refractivity contribution in [3.05, 3.63) is 52.0 Å². The second-order valence-electron chi connectivity index (χ2n) is 3.94. The van der Waals surface area contributed by atoms with Gasteiger partial charge in [0.1, 0.15) is 11.6 Å². The van der Waals surface area contributed by atoms with E-state index in [9.17, 15) is 8.78 Å². The molecule has 0 spiro atoms. The minimum absolute atomic E-state index is 0.279. The summed E-state index contributed by atoms with van der Waals surface area (Å²) in [6, 6.07) is 7.45. The largest absolute Gasteiger partial charge is 0.397 e. The molecule has 0 aromatic heterocycles. The Hall–Kier alpha value is -1.62. The van der Waals surface area contributed by atoms with Crippen LogP contribution in [0.15, 0.2) is 34.8 Å². The maximum atomic E-state index is 13.3. The summed E-state index contributed by atoms with van der Waals surface area (Å²) in [7, 11) is 0. The Morgan fingerprint density at radius 3 is 2.50 bits per heavy atom. The topological polar surface area (TPSA) is 38.0 Å². The normalized spacial score (nSPS) is 10.4. The molecule has 0 saturated carbocycles. The Balaban J connectivity index is 2.34. The van der Waals surface area contributed by atoms with Gasteiger partial charge in [-0.2, -0.15) is 0 Å². The van der Waals surface area contributed by atoms with Crippen LogP contribution in [0.2, 0.25) is 0 Å². The molecule has 3 N–H and O–H groups in total. The molecule has 2 rings (SSSR count). The van der Waals surface area contributed by atoms with Gasteiger partial charge in [-0.1, -0.05) is 0 Å². The zero-order valence-electron chi connectivity index (χ0n) is 9.60. The summed E-state index contributed by atoms with van der Waals surface area (Å²) in [4.78, 5) is 0. The average Bonchev–Trinajstić information content (AvgIpc) is 2.31. The van der Waals surface area contributed by atoms with E-state index in [2.05, 4.69) is 21.2 Å². The van der Waals surface area contributed by atoms with E-state index in [0.717, 1.165) is 0 Å². The molecular formula is C13H11BrF2N2. The first-order valence-electron chi connectivity index (χ1n) is 5.25. The summed E-state index contributed by atoms with van der Waals surface area (Å²) in [6.07, 6.45) is 0. The van der Waals surface area contributed by atoms with Crippen molar-refractivity contribution in [2.24, 2.45) is 0 Å². The molecule has 0 fully saturated rings. The molecule has 0 bridgehead atoms. The number of hydrogen-bond acceptors (Lipinski definition) is 2. The van der Waals surface area contributed by atoms with E-state index in [4.69, 9.17) is 5.73 Å². The van der Waals surface area contributed by atoms with Gasteiger partial charge in [0.2, 0.25) is 0 Å². The highest BCUT2D eigenvalue weighted by Crippen LogP contribution is 2.27. The predicted molar refractivity (Wildman–Crippen MR) is 72.9 cm³/mol. The minimum Gasteiger partial charge on any atom is -0.397 e. The summed E-state index contributed by atoms with van der Waals surface area (Å²) in [5.74, 6) is -0.738. The van der Waals surface area contributed by atoms with Crippen molar-refractivity contribution in [1.82, 2.24) is 0 Å². The average molecular weight is 313 g/mol. The zero-order chi connectivity index (χ0) is 13.3. The molecule has 0 aliphatic heterocycles. The number of nitrogens with one attached hydrogen (secondary N) is 1. The van der Waals surface area contributed by atoms with Crippen molar-refractivity contribution in [1.29, 1.82) is 0 Å². The molecule has 2 nitrogen and oxygen atoms in total. The first-order valence-corrected chi connectivity index (χ1v) is 6.04. The molecule has 0 aliphatic rings. The zero-order valence-corrected chi connectivity index (χ0v) is 11.2. The highest BCUT2D eigenvalue weighted by Gasteiger charge is 2.06. The summed E-state index contributed by atoms with van der Waals surface area (Å²) >= 11 is 3.07. The molecule has 18 heavy (non-hydrogen) atoms. The Morgan fingerprint density at radius 2 is 1.83 bits per heavy atom. The van der Waals surface area contributed by atoms with Crippen LogP contribution >= 0.6 is 15.9 Å². The van der Waals surface area contributed by atoms with Crippen LogP contribution in [0.4, 0.5) is 25.8 Å².